The Balaban J connectivity index is 2.04. The normalized spacial score (nSPS) is 30.3. The van der Waals surface area contributed by atoms with Crippen LogP contribution >= 0.6 is 24.0 Å². The molecule has 0 aromatic rings. The van der Waals surface area contributed by atoms with Gasteiger partial charge in [-0.3, -0.25) is 4.79 Å². The van der Waals surface area contributed by atoms with Crippen molar-refractivity contribution >= 4 is 34.9 Å². The molecule has 2 unspecified atom stereocenters. The largest absolute Gasteiger partial charge is 0.392 e. The van der Waals surface area contributed by atoms with E-state index in [0.717, 1.165) is 32.1 Å². The van der Waals surface area contributed by atoms with Crippen molar-refractivity contribution in [1.29, 1.82) is 0 Å². The molecular formula is C13H22N2OS2. The van der Waals surface area contributed by atoms with Crippen molar-refractivity contribution in [2.45, 2.75) is 56.2 Å². The van der Waals surface area contributed by atoms with Gasteiger partial charge in [0, 0.05) is 11.3 Å². The highest BCUT2D eigenvalue weighted by Crippen LogP contribution is 2.39. The zero-order valence-electron chi connectivity index (χ0n) is 10.9. The number of carbonyl (C=O) groups is 1. The minimum atomic E-state index is -0.555. The first kappa shape index (κ1) is 14.1. The van der Waals surface area contributed by atoms with E-state index < -0.39 is 5.41 Å². The fourth-order valence-corrected chi connectivity index (χ4v) is 4.48. The van der Waals surface area contributed by atoms with Gasteiger partial charge in [-0.2, -0.15) is 11.8 Å². The maximum absolute atomic E-state index is 12.5. The number of nitrogens with two attached hydrogens (primary N) is 1. The minimum absolute atomic E-state index is 0.0819. The van der Waals surface area contributed by atoms with Gasteiger partial charge in [-0.05, 0) is 31.9 Å². The summed E-state index contributed by atoms with van der Waals surface area (Å²) in [6.07, 6.45) is 9.37. The Labute approximate surface area is 119 Å². The second-order valence-electron chi connectivity index (χ2n) is 5.44. The lowest BCUT2D eigenvalue weighted by molar-refractivity contribution is -0.128. The molecule has 2 aliphatic rings. The number of hydrogen-bond donors (Lipinski definition) is 2. The Morgan fingerprint density at radius 3 is 2.56 bits per heavy atom. The van der Waals surface area contributed by atoms with Gasteiger partial charge in [-0.1, -0.05) is 31.5 Å². The molecule has 0 heterocycles. The summed E-state index contributed by atoms with van der Waals surface area (Å²) in [4.78, 5) is 12.9. The highest BCUT2D eigenvalue weighted by atomic mass is 32.2. The Kier molecular flexibility index (Phi) is 4.54. The van der Waals surface area contributed by atoms with Crippen LogP contribution in [0, 0.1) is 5.41 Å². The van der Waals surface area contributed by atoms with E-state index >= 15 is 0 Å². The van der Waals surface area contributed by atoms with E-state index in [4.69, 9.17) is 18.0 Å². The lowest BCUT2D eigenvalue weighted by atomic mass is 9.84. The standard InChI is InChI=1S/C13H22N2OS2/c1-18-10-6-4-5-9(10)15-12(16)13(11(14)17)7-2-3-8-13/h9-10H,2-8H2,1H3,(H2,14,17)(H,15,16). The van der Waals surface area contributed by atoms with Crippen LogP contribution in [0.2, 0.25) is 0 Å². The Morgan fingerprint density at radius 1 is 1.33 bits per heavy atom. The van der Waals surface area contributed by atoms with Gasteiger partial charge >= 0.3 is 0 Å². The first-order chi connectivity index (χ1) is 8.60. The Bertz CT molecular complexity index is 340. The number of rotatable bonds is 4. The molecule has 0 radical (unpaired) electrons. The van der Waals surface area contributed by atoms with Gasteiger partial charge in [0.1, 0.15) is 0 Å². The SMILES string of the molecule is CSC1CCCC1NC(=O)C1(C(N)=S)CCCC1. The number of carbonyl (C=O) groups excluding carboxylic acids is 1. The van der Waals surface area contributed by atoms with E-state index in [0.29, 0.717) is 16.3 Å². The van der Waals surface area contributed by atoms with Crippen molar-refractivity contribution in [3.63, 3.8) is 0 Å². The van der Waals surface area contributed by atoms with Crippen LogP contribution in [-0.4, -0.2) is 28.4 Å². The van der Waals surface area contributed by atoms with Gasteiger partial charge < -0.3 is 11.1 Å². The number of thiocarbonyl (C=S) groups is 1. The number of nitrogens with one attached hydrogen (secondary N) is 1. The molecule has 2 saturated carbocycles. The zero-order valence-corrected chi connectivity index (χ0v) is 12.5. The predicted molar refractivity (Wildman–Crippen MR) is 80.8 cm³/mol. The Hall–Kier alpha value is -0.290. The summed E-state index contributed by atoms with van der Waals surface area (Å²) >= 11 is 7.01. The molecule has 102 valence electrons. The highest BCUT2D eigenvalue weighted by molar-refractivity contribution is 7.99. The molecule has 3 N–H and O–H groups in total. The second kappa shape index (κ2) is 5.78. The summed E-state index contributed by atoms with van der Waals surface area (Å²) < 4.78 is 0. The smallest absolute Gasteiger partial charge is 0.233 e. The molecule has 3 nitrogen and oxygen atoms in total. The van der Waals surface area contributed by atoms with Crippen molar-refractivity contribution in [1.82, 2.24) is 5.32 Å². The second-order valence-corrected chi connectivity index (χ2v) is 6.96. The molecule has 2 fully saturated rings. The van der Waals surface area contributed by atoms with Crippen LogP contribution in [0.3, 0.4) is 0 Å². The molecule has 0 saturated heterocycles. The van der Waals surface area contributed by atoms with Gasteiger partial charge in [0.25, 0.3) is 0 Å². The van der Waals surface area contributed by atoms with Crippen LogP contribution in [0.5, 0.6) is 0 Å². The molecular weight excluding hydrogens is 264 g/mol. The number of thioether (sulfide) groups is 1. The monoisotopic (exact) mass is 286 g/mol. The van der Waals surface area contributed by atoms with Crippen LogP contribution in [0.1, 0.15) is 44.9 Å². The Morgan fingerprint density at radius 2 is 2.00 bits per heavy atom. The van der Waals surface area contributed by atoms with E-state index in [1.54, 1.807) is 0 Å². The van der Waals surface area contributed by atoms with Gasteiger partial charge in [0.2, 0.25) is 5.91 Å². The van der Waals surface area contributed by atoms with Crippen LogP contribution < -0.4 is 11.1 Å². The maximum Gasteiger partial charge on any atom is 0.233 e. The van der Waals surface area contributed by atoms with E-state index in [1.807, 2.05) is 11.8 Å². The molecule has 0 aromatic carbocycles. The third-order valence-electron chi connectivity index (χ3n) is 4.44. The van der Waals surface area contributed by atoms with Gasteiger partial charge in [-0.25, -0.2) is 0 Å². The maximum atomic E-state index is 12.5. The first-order valence-electron chi connectivity index (χ1n) is 6.74. The molecule has 0 aromatic heterocycles. The van der Waals surface area contributed by atoms with Crippen molar-refractivity contribution in [2.24, 2.45) is 11.1 Å². The molecule has 5 heteroatoms. The molecule has 0 bridgehead atoms. The first-order valence-corrected chi connectivity index (χ1v) is 8.43. The zero-order chi connectivity index (χ0) is 13.2. The number of hydrogen-bond acceptors (Lipinski definition) is 3. The molecule has 2 atom stereocenters. The summed E-state index contributed by atoms with van der Waals surface area (Å²) in [6.45, 7) is 0. The van der Waals surface area contributed by atoms with E-state index in [9.17, 15) is 4.79 Å². The van der Waals surface area contributed by atoms with Crippen LogP contribution in [0.25, 0.3) is 0 Å². The van der Waals surface area contributed by atoms with Crippen LogP contribution in [0.15, 0.2) is 0 Å². The van der Waals surface area contributed by atoms with E-state index in [2.05, 4.69) is 11.6 Å². The molecule has 2 aliphatic carbocycles. The topological polar surface area (TPSA) is 55.1 Å². The van der Waals surface area contributed by atoms with Crippen molar-refractivity contribution < 1.29 is 4.79 Å². The average molecular weight is 286 g/mol. The lowest BCUT2D eigenvalue weighted by Crippen LogP contribution is -2.51. The van der Waals surface area contributed by atoms with Crippen molar-refractivity contribution in [3.8, 4) is 0 Å². The van der Waals surface area contributed by atoms with Gasteiger partial charge in [0.05, 0.1) is 10.4 Å². The molecule has 18 heavy (non-hydrogen) atoms. The minimum Gasteiger partial charge on any atom is -0.392 e. The highest BCUT2D eigenvalue weighted by Gasteiger charge is 2.45. The number of amides is 1. The summed E-state index contributed by atoms with van der Waals surface area (Å²) in [7, 11) is 0. The summed E-state index contributed by atoms with van der Waals surface area (Å²) in [5.41, 5.74) is 5.29. The quantitative estimate of drug-likeness (QED) is 0.778. The molecule has 0 aliphatic heterocycles. The predicted octanol–water partition coefficient (Wildman–Crippen LogP) is 2.23. The van der Waals surface area contributed by atoms with Crippen LogP contribution in [-0.2, 0) is 4.79 Å². The third kappa shape index (κ3) is 2.52. The van der Waals surface area contributed by atoms with E-state index in [-0.39, 0.29) is 5.91 Å². The van der Waals surface area contributed by atoms with Crippen LogP contribution in [0.4, 0.5) is 0 Å². The fourth-order valence-electron chi connectivity index (χ4n) is 3.24. The van der Waals surface area contributed by atoms with Crippen molar-refractivity contribution in [2.75, 3.05) is 6.26 Å². The summed E-state index contributed by atoms with van der Waals surface area (Å²) in [5.74, 6) is 0.0819. The molecule has 2 rings (SSSR count). The fraction of sp³-hybridized carbons (Fsp3) is 0.846. The summed E-state index contributed by atoms with van der Waals surface area (Å²) in [6, 6.07) is 0.305. The molecule has 1 amide bonds. The lowest BCUT2D eigenvalue weighted by Gasteiger charge is -2.29. The molecule has 0 spiro atoms. The van der Waals surface area contributed by atoms with E-state index in [1.165, 1.54) is 12.8 Å². The van der Waals surface area contributed by atoms with Gasteiger partial charge in [0.15, 0.2) is 0 Å². The summed E-state index contributed by atoms with van der Waals surface area (Å²) in [5, 5.41) is 3.77. The third-order valence-corrected chi connectivity index (χ3v) is 6.00. The average Bonchev–Trinajstić information content (AvgIpc) is 2.97. The van der Waals surface area contributed by atoms with Gasteiger partial charge in [-0.15, -0.1) is 0 Å². The van der Waals surface area contributed by atoms with Crippen molar-refractivity contribution in [3.05, 3.63) is 0 Å².